The minimum atomic E-state index is -0.389. The summed E-state index contributed by atoms with van der Waals surface area (Å²) >= 11 is 0. The van der Waals surface area contributed by atoms with Gasteiger partial charge in [-0.1, -0.05) is 203 Å². The number of hydrogen-bond donors (Lipinski definition) is 1. The van der Waals surface area contributed by atoms with Crippen molar-refractivity contribution < 1.29 is 4.92 Å². The van der Waals surface area contributed by atoms with Gasteiger partial charge in [0.1, 0.15) is 5.82 Å². The van der Waals surface area contributed by atoms with E-state index in [1.807, 2.05) is 123 Å². The van der Waals surface area contributed by atoms with Crippen LogP contribution < -0.4 is 0 Å². The first-order valence-corrected chi connectivity index (χ1v) is 29.0. The van der Waals surface area contributed by atoms with Gasteiger partial charge >= 0.3 is 0 Å². The average molecular weight is 1090 g/mol. The number of nitrogens with one attached hydrogen (secondary N) is 1. The van der Waals surface area contributed by atoms with Crippen molar-refractivity contribution in [2.24, 2.45) is 0 Å². The zero-order valence-electron chi connectivity index (χ0n) is 50.0. The third kappa shape index (κ3) is 33.6. The molecule has 1 N–H and O–H groups in total. The van der Waals surface area contributed by atoms with Gasteiger partial charge in [0.05, 0.1) is 16.0 Å². The molecule has 5 heterocycles. The topological polar surface area (TPSA) is 123 Å². The minimum Gasteiger partial charge on any atom is -0.342 e. The van der Waals surface area contributed by atoms with Gasteiger partial charge in [0.2, 0.25) is 0 Å². The molecule has 9 heteroatoms. The summed E-state index contributed by atoms with van der Waals surface area (Å²) in [4.78, 5) is 33.3. The van der Waals surface area contributed by atoms with Crippen molar-refractivity contribution in [1.29, 1.82) is 0 Å². The van der Waals surface area contributed by atoms with Crippen molar-refractivity contribution in [1.82, 2.24) is 29.9 Å². The second-order valence-electron chi connectivity index (χ2n) is 18.3. The Kier molecular flexibility index (Phi) is 39.4. The summed E-state index contributed by atoms with van der Waals surface area (Å²) in [6.07, 6.45) is 26.4. The third-order valence-electron chi connectivity index (χ3n) is 12.2. The number of aryl methyl sites for hydroxylation is 9. The molecular weight excluding hydrogens is 995 g/mol. The molecule has 0 atom stereocenters. The summed E-state index contributed by atoms with van der Waals surface area (Å²) < 4.78 is 0. The van der Waals surface area contributed by atoms with Gasteiger partial charge in [0.15, 0.2) is 0 Å². The number of nitro groups is 1. The molecule has 81 heavy (non-hydrogen) atoms. The Morgan fingerprint density at radius 2 is 0.840 bits per heavy atom. The largest absolute Gasteiger partial charge is 0.342 e. The molecule has 10 rings (SSSR count). The lowest BCUT2D eigenvalue weighted by Gasteiger charge is -1.96. The fourth-order valence-corrected chi connectivity index (χ4v) is 7.15. The van der Waals surface area contributed by atoms with Crippen molar-refractivity contribution in [3.63, 3.8) is 0 Å². The molecule has 0 radical (unpaired) electrons. The molecule has 10 aromatic rings. The average Bonchev–Trinajstić information content (AvgIpc) is 4.01. The third-order valence-corrected chi connectivity index (χ3v) is 12.2. The van der Waals surface area contributed by atoms with Crippen LogP contribution in [-0.2, 0) is 57.8 Å². The number of benzene rings is 5. The molecule has 0 fully saturated rings. The van der Waals surface area contributed by atoms with E-state index in [0.29, 0.717) is 0 Å². The Morgan fingerprint density at radius 3 is 1.21 bits per heavy atom. The summed E-state index contributed by atoms with van der Waals surface area (Å²) in [5, 5.41) is 10.2. The van der Waals surface area contributed by atoms with E-state index in [9.17, 15) is 10.1 Å². The lowest BCUT2D eigenvalue weighted by molar-refractivity contribution is -0.384. The van der Waals surface area contributed by atoms with Crippen LogP contribution in [0.2, 0.25) is 0 Å². The predicted octanol–water partition coefficient (Wildman–Crippen LogP) is 18.8. The van der Waals surface area contributed by atoms with Gasteiger partial charge in [-0.15, -0.1) is 0 Å². The number of aromatic amines is 1. The van der Waals surface area contributed by atoms with Gasteiger partial charge in [-0.25, -0.2) is 4.98 Å². The molecule has 5 aromatic heterocycles. The molecule has 5 aromatic carbocycles. The highest BCUT2D eigenvalue weighted by Gasteiger charge is 2.02. The number of aromatic nitrogens is 6. The molecule has 0 saturated carbocycles. The Bertz CT molecular complexity index is 2700. The number of nitro benzene ring substituents is 1. The molecule has 0 aliphatic carbocycles. The van der Waals surface area contributed by atoms with Crippen LogP contribution in [-0.4, -0.2) is 34.8 Å². The van der Waals surface area contributed by atoms with Crippen LogP contribution in [0.3, 0.4) is 0 Å². The molecule has 0 saturated heterocycles. The molecule has 0 unspecified atom stereocenters. The van der Waals surface area contributed by atoms with E-state index in [0.717, 1.165) is 73.1 Å². The summed E-state index contributed by atoms with van der Waals surface area (Å²) in [6.45, 7) is 19.2. The lowest BCUT2D eigenvalue weighted by Crippen LogP contribution is -1.87. The zero-order chi connectivity index (χ0) is 58.8. The number of imidazole rings is 1. The fourth-order valence-electron chi connectivity index (χ4n) is 7.15. The van der Waals surface area contributed by atoms with E-state index in [1.54, 1.807) is 18.3 Å². The summed E-state index contributed by atoms with van der Waals surface area (Å²) in [6, 6.07) is 64.5. The minimum absolute atomic E-state index is 0.155. The first-order chi connectivity index (χ1) is 39.7. The van der Waals surface area contributed by atoms with E-state index in [2.05, 4.69) is 176 Å². The van der Waals surface area contributed by atoms with Crippen molar-refractivity contribution >= 4 is 16.7 Å². The number of nitrogens with zero attached hydrogens (tertiary/aromatic N) is 6. The normalized spacial score (nSPS) is 9.49. The first kappa shape index (κ1) is 68.7. The molecular formula is C72H91N7O2. The maximum absolute atomic E-state index is 10.2. The van der Waals surface area contributed by atoms with Crippen LogP contribution in [0.1, 0.15) is 132 Å². The molecule has 0 amide bonds. The molecule has 0 bridgehead atoms. The Labute approximate surface area is 486 Å². The number of para-hydroxylation sites is 2. The summed E-state index contributed by atoms with van der Waals surface area (Å²) in [5.41, 5.74) is 12.9. The number of non-ortho nitro benzene ring substituents is 1. The molecule has 9 nitrogen and oxygen atoms in total. The van der Waals surface area contributed by atoms with Gasteiger partial charge in [0.25, 0.3) is 5.69 Å². The second-order valence-corrected chi connectivity index (χ2v) is 18.3. The Morgan fingerprint density at radius 1 is 0.383 bits per heavy atom. The van der Waals surface area contributed by atoms with Crippen LogP contribution in [0.5, 0.6) is 0 Å². The summed E-state index contributed by atoms with van der Waals surface area (Å²) in [7, 11) is 0. The monoisotopic (exact) mass is 1090 g/mol. The fraction of sp³-hybridized carbons (Fsp3) is 0.292. The molecule has 0 aliphatic rings. The first-order valence-electron chi connectivity index (χ1n) is 29.0. The lowest BCUT2D eigenvalue weighted by atomic mass is 10.1. The van der Waals surface area contributed by atoms with Gasteiger partial charge in [-0.3, -0.25) is 30.1 Å². The van der Waals surface area contributed by atoms with Gasteiger partial charge in [-0.2, -0.15) is 0 Å². The van der Waals surface area contributed by atoms with Crippen molar-refractivity contribution in [3.05, 3.63) is 298 Å². The van der Waals surface area contributed by atoms with Crippen molar-refractivity contribution in [2.45, 2.75) is 139 Å². The highest BCUT2D eigenvalue weighted by molar-refractivity contribution is 5.74. The van der Waals surface area contributed by atoms with Crippen LogP contribution in [0.25, 0.3) is 11.0 Å². The van der Waals surface area contributed by atoms with Crippen LogP contribution in [0.4, 0.5) is 5.69 Å². The van der Waals surface area contributed by atoms with Crippen LogP contribution >= 0.6 is 0 Å². The molecule has 0 spiro atoms. The van der Waals surface area contributed by atoms with E-state index in [-0.39, 0.29) is 10.6 Å². The number of fused-ring (bicyclic) bond motifs is 1. The molecule has 0 aliphatic heterocycles. The number of H-pyrrole nitrogens is 1. The van der Waals surface area contributed by atoms with E-state index >= 15 is 0 Å². The summed E-state index contributed by atoms with van der Waals surface area (Å²) in [5.74, 6) is 1.06. The maximum atomic E-state index is 10.2. The van der Waals surface area contributed by atoms with Gasteiger partial charge in [-0.05, 0) is 151 Å². The highest BCUT2D eigenvalue weighted by Crippen LogP contribution is 2.12. The number of unbranched alkanes of at least 4 members (excludes halogenated alkanes) is 1. The van der Waals surface area contributed by atoms with Gasteiger partial charge in [0, 0.05) is 67.6 Å². The zero-order valence-corrected chi connectivity index (χ0v) is 50.0. The van der Waals surface area contributed by atoms with Crippen LogP contribution in [0.15, 0.2) is 238 Å². The van der Waals surface area contributed by atoms with Crippen molar-refractivity contribution in [3.8, 4) is 0 Å². The Hall–Kier alpha value is -8.43. The Balaban J connectivity index is 0.000000312. The smallest absolute Gasteiger partial charge is 0.269 e. The SMILES string of the molecule is CCCCc1ccccc1.CCCc1ccccc1.CCc1ccc([N+](=O)[O-])cc1.CCc1ccccc1.CCc1ccccn1.CCc1cccnc1.CCc1ccncc1.CCc1ccncc1.CCc1nc2ccccc2[nH]1. The number of pyridine rings is 4. The number of rotatable bonds is 13. The number of hydrogen-bond acceptors (Lipinski definition) is 7. The van der Waals surface area contributed by atoms with E-state index in [1.165, 1.54) is 77.6 Å². The van der Waals surface area contributed by atoms with E-state index < -0.39 is 0 Å². The second kappa shape index (κ2) is 46.5. The standard InChI is InChI=1S/C10H14.C9H10N2.C9H12.C8H9NO2.C8H10.4C7H9N/c1-2-3-7-10-8-5-4-6-9-10;1-2-9-10-7-5-3-4-6-8(7)11-9;1-2-6-9-7-4-3-5-8-9;1-2-7-3-5-8(6-4-7)9(10)11;1-2-8-6-4-3-5-7-8;2*1-2-7-3-5-8-6-4-7;1-2-7-4-3-5-8-6-7;1-2-7-5-3-4-6-8-7/h4-6,8-9H,2-3,7H2,1H3;3-6H,2H2,1H3,(H,10,11);3-5,7-8H,2,6H2,1H3;3-6H,2H2,1H3;3-7H,2H2,1H3;4*3-6H,2H2,1H3. The van der Waals surface area contributed by atoms with Gasteiger partial charge < -0.3 is 4.98 Å². The predicted molar refractivity (Wildman–Crippen MR) is 344 cm³/mol. The quantitative estimate of drug-likeness (QED) is 0.0901. The highest BCUT2D eigenvalue weighted by atomic mass is 16.6. The maximum Gasteiger partial charge on any atom is 0.269 e. The van der Waals surface area contributed by atoms with Crippen LogP contribution in [0, 0.1) is 10.1 Å². The van der Waals surface area contributed by atoms with E-state index in [4.69, 9.17) is 0 Å². The molecule has 426 valence electrons. The van der Waals surface area contributed by atoms with Crippen molar-refractivity contribution in [2.75, 3.05) is 0 Å².